The molecule has 0 aliphatic rings. The van der Waals surface area contributed by atoms with E-state index >= 15 is 0 Å². The topological polar surface area (TPSA) is 65.5 Å². The summed E-state index contributed by atoms with van der Waals surface area (Å²) in [5, 5.41) is 9.42. The summed E-state index contributed by atoms with van der Waals surface area (Å²) >= 11 is 0. The van der Waals surface area contributed by atoms with Crippen LogP contribution in [-0.4, -0.2) is 25.0 Å². The van der Waals surface area contributed by atoms with E-state index in [9.17, 15) is 9.18 Å². The molecule has 29 heavy (non-hydrogen) atoms. The fraction of sp³-hybridized carbons (Fsp3) is 0.364. The highest BCUT2D eigenvalue weighted by Crippen LogP contribution is 2.12. The van der Waals surface area contributed by atoms with E-state index in [1.165, 1.54) is 12.1 Å². The standard InChI is InChI=1S/C22H29FN4O.HI/c1-3-6-21(28)27-20-8-5-7-18(15-20)16-26-22(24-4-2)25-14-13-17-9-11-19(23)12-10-17;/h5,7-12,15H,3-4,6,13-14,16H2,1-2H3,(H,27,28)(H2,24,25,26);1H. The van der Waals surface area contributed by atoms with Gasteiger partial charge in [0.15, 0.2) is 5.96 Å². The summed E-state index contributed by atoms with van der Waals surface area (Å²) in [6.45, 7) is 5.96. The van der Waals surface area contributed by atoms with Crippen molar-refractivity contribution in [3.05, 3.63) is 65.5 Å². The van der Waals surface area contributed by atoms with Crippen LogP contribution in [0.2, 0.25) is 0 Å². The molecule has 1 amide bonds. The number of hydrogen-bond acceptors (Lipinski definition) is 2. The highest BCUT2D eigenvalue weighted by Gasteiger charge is 2.03. The number of nitrogens with zero attached hydrogens (tertiary/aromatic N) is 1. The lowest BCUT2D eigenvalue weighted by molar-refractivity contribution is -0.116. The van der Waals surface area contributed by atoms with Gasteiger partial charge in [0.2, 0.25) is 5.91 Å². The highest BCUT2D eigenvalue weighted by atomic mass is 127. The molecule has 0 fully saturated rings. The molecular weight excluding hydrogens is 482 g/mol. The smallest absolute Gasteiger partial charge is 0.224 e. The first-order valence-electron chi connectivity index (χ1n) is 9.76. The Labute approximate surface area is 189 Å². The van der Waals surface area contributed by atoms with E-state index in [0.29, 0.717) is 19.5 Å². The molecule has 7 heteroatoms. The molecule has 2 aromatic rings. The molecule has 0 saturated heterocycles. The van der Waals surface area contributed by atoms with Crippen molar-refractivity contribution in [2.24, 2.45) is 4.99 Å². The number of amides is 1. The minimum Gasteiger partial charge on any atom is -0.357 e. The van der Waals surface area contributed by atoms with Gasteiger partial charge in [0.05, 0.1) is 6.54 Å². The molecule has 0 bridgehead atoms. The van der Waals surface area contributed by atoms with Crippen LogP contribution in [-0.2, 0) is 17.8 Å². The van der Waals surface area contributed by atoms with E-state index in [0.717, 1.165) is 42.2 Å². The van der Waals surface area contributed by atoms with Crippen LogP contribution in [0.4, 0.5) is 10.1 Å². The molecule has 3 N–H and O–H groups in total. The molecule has 0 radical (unpaired) electrons. The van der Waals surface area contributed by atoms with Crippen LogP contribution in [0.5, 0.6) is 0 Å². The molecule has 0 aromatic heterocycles. The quantitative estimate of drug-likeness (QED) is 0.264. The van der Waals surface area contributed by atoms with E-state index in [4.69, 9.17) is 0 Å². The van der Waals surface area contributed by atoms with Gasteiger partial charge in [-0.05, 0) is 55.2 Å². The third kappa shape index (κ3) is 9.74. The first kappa shape index (κ1) is 24.9. The number of rotatable bonds is 9. The summed E-state index contributed by atoms with van der Waals surface area (Å²) in [5.74, 6) is 0.531. The van der Waals surface area contributed by atoms with Crippen LogP contribution in [0.1, 0.15) is 37.8 Å². The molecule has 2 rings (SSSR count). The molecule has 0 spiro atoms. The Morgan fingerprint density at radius 1 is 1.03 bits per heavy atom. The average Bonchev–Trinajstić information content (AvgIpc) is 2.68. The molecule has 0 aliphatic heterocycles. The van der Waals surface area contributed by atoms with Gasteiger partial charge in [0.1, 0.15) is 5.82 Å². The van der Waals surface area contributed by atoms with Gasteiger partial charge in [0, 0.05) is 25.2 Å². The Morgan fingerprint density at radius 2 is 1.79 bits per heavy atom. The van der Waals surface area contributed by atoms with Gasteiger partial charge in [-0.3, -0.25) is 4.79 Å². The normalized spacial score (nSPS) is 10.8. The molecule has 2 aromatic carbocycles. The first-order chi connectivity index (χ1) is 13.6. The highest BCUT2D eigenvalue weighted by molar-refractivity contribution is 14.0. The lowest BCUT2D eigenvalue weighted by atomic mass is 10.1. The summed E-state index contributed by atoms with van der Waals surface area (Å²) < 4.78 is 13.0. The summed E-state index contributed by atoms with van der Waals surface area (Å²) in [4.78, 5) is 16.4. The van der Waals surface area contributed by atoms with Crippen molar-refractivity contribution < 1.29 is 9.18 Å². The summed E-state index contributed by atoms with van der Waals surface area (Å²) in [6, 6.07) is 14.3. The summed E-state index contributed by atoms with van der Waals surface area (Å²) in [5.41, 5.74) is 2.88. The molecular formula is C22H30FIN4O. The second-order valence-corrected chi connectivity index (χ2v) is 6.50. The van der Waals surface area contributed by atoms with Crippen molar-refractivity contribution in [3.8, 4) is 0 Å². The van der Waals surface area contributed by atoms with Crippen molar-refractivity contribution in [1.82, 2.24) is 10.6 Å². The van der Waals surface area contributed by atoms with Crippen LogP contribution in [0, 0.1) is 5.82 Å². The van der Waals surface area contributed by atoms with Crippen LogP contribution < -0.4 is 16.0 Å². The third-order valence-electron chi connectivity index (χ3n) is 4.07. The summed E-state index contributed by atoms with van der Waals surface area (Å²) in [6.07, 6.45) is 2.13. The van der Waals surface area contributed by atoms with Crippen molar-refractivity contribution in [2.45, 2.75) is 39.7 Å². The fourth-order valence-electron chi connectivity index (χ4n) is 2.69. The summed E-state index contributed by atoms with van der Waals surface area (Å²) in [7, 11) is 0. The maximum absolute atomic E-state index is 13.0. The maximum Gasteiger partial charge on any atom is 0.224 e. The number of anilines is 1. The first-order valence-corrected chi connectivity index (χ1v) is 9.76. The fourth-order valence-corrected chi connectivity index (χ4v) is 2.69. The minimum atomic E-state index is -0.222. The van der Waals surface area contributed by atoms with Crippen LogP contribution in [0.3, 0.4) is 0 Å². The predicted molar refractivity (Wildman–Crippen MR) is 128 cm³/mol. The Bertz CT molecular complexity index is 781. The van der Waals surface area contributed by atoms with Crippen molar-refractivity contribution >= 4 is 41.5 Å². The molecule has 0 atom stereocenters. The molecule has 158 valence electrons. The third-order valence-corrected chi connectivity index (χ3v) is 4.07. The van der Waals surface area contributed by atoms with Crippen LogP contribution in [0.25, 0.3) is 0 Å². The van der Waals surface area contributed by atoms with Gasteiger partial charge in [-0.1, -0.05) is 31.2 Å². The van der Waals surface area contributed by atoms with Crippen molar-refractivity contribution in [2.75, 3.05) is 18.4 Å². The Balaban J connectivity index is 0.00000420. The molecule has 0 heterocycles. The zero-order chi connectivity index (χ0) is 20.2. The largest absolute Gasteiger partial charge is 0.357 e. The van der Waals surface area contributed by atoms with Crippen LogP contribution in [0.15, 0.2) is 53.5 Å². The second kappa shape index (κ2) is 13.9. The van der Waals surface area contributed by atoms with Gasteiger partial charge >= 0.3 is 0 Å². The number of carbonyl (C=O) groups excluding carboxylic acids is 1. The number of guanidine groups is 1. The minimum absolute atomic E-state index is 0. The van der Waals surface area contributed by atoms with E-state index in [1.54, 1.807) is 12.1 Å². The molecule has 0 aliphatic carbocycles. The van der Waals surface area contributed by atoms with E-state index < -0.39 is 0 Å². The molecule has 0 unspecified atom stereocenters. The molecule has 5 nitrogen and oxygen atoms in total. The van der Waals surface area contributed by atoms with E-state index in [-0.39, 0.29) is 35.7 Å². The Hall–Kier alpha value is -2.16. The van der Waals surface area contributed by atoms with E-state index in [2.05, 4.69) is 20.9 Å². The zero-order valence-corrected chi connectivity index (χ0v) is 19.3. The molecule has 0 saturated carbocycles. The average molecular weight is 512 g/mol. The van der Waals surface area contributed by atoms with Gasteiger partial charge < -0.3 is 16.0 Å². The van der Waals surface area contributed by atoms with E-state index in [1.807, 2.05) is 38.1 Å². The lowest BCUT2D eigenvalue weighted by Crippen LogP contribution is -2.38. The Kier molecular flexibility index (Phi) is 11.9. The van der Waals surface area contributed by atoms with Crippen molar-refractivity contribution in [3.63, 3.8) is 0 Å². The number of nitrogens with one attached hydrogen (secondary N) is 3. The van der Waals surface area contributed by atoms with Gasteiger partial charge in [0.25, 0.3) is 0 Å². The SMILES string of the molecule is CCCC(=O)Nc1cccc(CN=C(NCC)NCCc2ccc(F)cc2)c1.I. The second-order valence-electron chi connectivity index (χ2n) is 6.50. The number of halogens is 2. The number of aliphatic imine (C=N–C) groups is 1. The van der Waals surface area contributed by atoms with Gasteiger partial charge in [-0.2, -0.15) is 0 Å². The van der Waals surface area contributed by atoms with Crippen molar-refractivity contribution in [1.29, 1.82) is 0 Å². The number of hydrogen-bond donors (Lipinski definition) is 3. The Morgan fingerprint density at radius 3 is 2.48 bits per heavy atom. The lowest BCUT2D eigenvalue weighted by Gasteiger charge is -2.12. The number of benzene rings is 2. The monoisotopic (exact) mass is 512 g/mol. The number of carbonyl (C=O) groups is 1. The predicted octanol–water partition coefficient (Wildman–Crippen LogP) is 4.48. The maximum atomic E-state index is 13.0. The van der Waals surface area contributed by atoms with Gasteiger partial charge in [-0.25, -0.2) is 9.38 Å². The van der Waals surface area contributed by atoms with Crippen LogP contribution >= 0.6 is 24.0 Å². The van der Waals surface area contributed by atoms with Gasteiger partial charge in [-0.15, -0.1) is 24.0 Å². The zero-order valence-electron chi connectivity index (χ0n) is 17.0.